The van der Waals surface area contributed by atoms with Crippen LogP contribution in [0, 0.1) is 13.8 Å². The Morgan fingerprint density at radius 1 is 1.24 bits per heavy atom. The topological polar surface area (TPSA) is 88.9 Å². The smallest absolute Gasteiger partial charge is 0.252 e. The van der Waals surface area contributed by atoms with Gasteiger partial charge in [-0.15, -0.1) is 16.4 Å². The van der Waals surface area contributed by atoms with Crippen LogP contribution in [0.3, 0.4) is 0 Å². The number of hydrogen-bond acceptors (Lipinski definition) is 7. The van der Waals surface area contributed by atoms with Crippen LogP contribution in [0.1, 0.15) is 46.8 Å². The first-order valence-electron chi connectivity index (χ1n) is 11.1. The third-order valence-electron chi connectivity index (χ3n) is 6.13. The van der Waals surface area contributed by atoms with Gasteiger partial charge in [-0.2, -0.15) is 0 Å². The van der Waals surface area contributed by atoms with Crippen molar-refractivity contribution in [3.8, 4) is 0 Å². The van der Waals surface area contributed by atoms with Gasteiger partial charge in [-0.25, -0.2) is 4.68 Å². The maximum Gasteiger partial charge on any atom is 0.252 e. The van der Waals surface area contributed by atoms with Gasteiger partial charge in [0.2, 0.25) is 0 Å². The average molecular weight is 467 g/mol. The summed E-state index contributed by atoms with van der Waals surface area (Å²) in [6, 6.07) is 10.3. The second-order valence-electron chi connectivity index (χ2n) is 8.26. The summed E-state index contributed by atoms with van der Waals surface area (Å²) in [5.41, 5.74) is 3.86. The maximum absolute atomic E-state index is 13.1. The Balaban J connectivity index is 1.72. The molecule has 4 aromatic rings. The number of hydrogen-bond donors (Lipinski definition) is 1. The van der Waals surface area contributed by atoms with Crippen molar-refractivity contribution in [2.24, 2.45) is 0 Å². The van der Waals surface area contributed by atoms with Crippen LogP contribution in [-0.4, -0.2) is 43.8 Å². The maximum atomic E-state index is 13.1. The van der Waals surface area contributed by atoms with Crippen LogP contribution in [0.5, 0.6) is 0 Å². The summed E-state index contributed by atoms with van der Waals surface area (Å²) in [6.45, 7) is 8.54. The van der Waals surface area contributed by atoms with Crippen LogP contribution in [0.2, 0.25) is 0 Å². The predicted molar refractivity (Wildman–Crippen MR) is 130 cm³/mol. The molecule has 8 nitrogen and oxygen atoms in total. The number of aromatic nitrogens is 5. The lowest BCUT2D eigenvalue weighted by atomic mass is 10.0. The Bertz CT molecular complexity index is 1260. The highest BCUT2D eigenvalue weighted by molar-refractivity contribution is 7.09. The minimum atomic E-state index is -0.0544. The molecule has 0 aliphatic rings. The molecule has 0 aliphatic carbocycles. The first kappa shape index (κ1) is 23.3. The van der Waals surface area contributed by atoms with Crippen LogP contribution >= 0.6 is 11.3 Å². The van der Waals surface area contributed by atoms with Crippen molar-refractivity contribution in [2.75, 3.05) is 13.7 Å². The minimum Gasteiger partial charge on any atom is -0.383 e. The molecule has 3 aromatic heterocycles. The van der Waals surface area contributed by atoms with Gasteiger partial charge in [0.1, 0.15) is 0 Å². The molecule has 0 fully saturated rings. The molecule has 0 saturated heterocycles. The molecular weight excluding hydrogens is 436 g/mol. The van der Waals surface area contributed by atoms with E-state index in [2.05, 4.69) is 68.9 Å². The van der Waals surface area contributed by atoms with E-state index in [1.165, 1.54) is 10.4 Å². The minimum absolute atomic E-state index is 0.0474. The fourth-order valence-electron chi connectivity index (χ4n) is 4.18. The molecule has 0 spiro atoms. The highest BCUT2D eigenvalue weighted by atomic mass is 32.1. The first-order valence-corrected chi connectivity index (χ1v) is 12.0. The number of aromatic amines is 1. The number of nitrogens with zero attached hydrogens (tertiary/aromatic N) is 5. The molecule has 33 heavy (non-hydrogen) atoms. The SMILES string of the molecule is CCC(c1nnnn1CCOC)N(Cc1cccs1)Cc1cc2ccc(C)c(C)c2[nH]c1=O. The molecule has 0 saturated carbocycles. The second kappa shape index (κ2) is 10.4. The molecule has 9 heteroatoms. The number of aryl methyl sites for hydroxylation is 2. The lowest BCUT2D eigenvalue weighted by molar-refractivity contribution is 0.152. The Morgan fingerprint density at radius 2 is 2.09 bits per heavy atom. The molecule has 0 amide bonds. The van der Waals surface area contributed by atoms with Gasteiger partial charge in [0.25, 0.3) is 5.56 Å². The normalized spacial score (nSPS) is 12.6. The molecule has 0 aliphatic heterocycles. The Kier molecular flexibility index (Phi) is 7.32. The highest BCUT2D eigenvalue weighted by Gasteiger charge is 2.26. The molecule has 174 valence electrons. The summed E-state index contributed by atoms with van der Waals surface area (Å²) >= 11 is 1.71. The van der Waals surface area contributed by atoms with E-state index in [9.17, 15) is 4.79 Å². The predicted octanol–water partition coefficient (Wildman–Crippen LogP) is 3.99. The molecule has 1 aromatic carbocycles. The number of nitrogens with one attached hydrogen (secondary N) is 1. The quantitative estimate of drug-likeness (QED) is 0.380. The molecule has 3 heterocycles. The number of benzene rings is 1. The standard InChI is InChI=1S/C24H30N6O2S/c1-5-21(23-26-27-28-30(23)10-11-32-4)29(15-20-7-6-12-33-20)14-19-13-18-9-8-16(2)17(3)22(18)25-24(19)31/h6-9,12-13,21H,5,10-11,14-15H2,1-4H3,(H,25,31). The molecule has 1 unspecified atom stereocenters. The number of ether oxygens (including phenoxy) is 1. The number of tetrazole rings is 1. The summed E-state index contributed by atoms with van der Waals surface area (Å²) in [5.74, 6) is 0.787. The summed E-state index contributed by atoms with van der Waals surface area (Å²) < 4.78 is 7.03. The van der Waals surface area contributed by atoms with Crippen molar-refractivity contribution in [3.63, 3.8) is 0 Å². The summed E-state index contributed by atoms with van der Waals surface area (Å²) in [7, 11) is 1.67. The molecule has 1 N–H and O–H groups in total. The van der Waals surface area contributed by atoms with Gasteiger partial charge in [0.15, 0.2) is 5.82 Å². The van der Waals surface area contributed by atoms with E-state index in [-0.39, 0.29) is 11.6 Å². The zero-order valence-electron chi connectivity index (χ0n) is 19.5. The fraction of sp³-hybridized carbons (Fsp3) is 0.417. The summed E-state index contributed by atoms with van der Waals surface area (Å²) in [6.07, 6.45) is 0.808. The first-order chi connectivity index (χ1) is 16.0. The van der Waals surface area contributed by atoms with Crippen LogP contribution < -0.4 is 5.56 Å². The second-order valence-corrected chi connectivity index (χ2v) is 9.29. The van der Waals surface area contributed by atoms with Gasteiger partial charge in [0, 0.05) is 30.6 Å². The Labute approximate surface area is 197 Å². The lowest BCUT2D eigenvalue weighted by Gasteiger charge is -2.30. The van der Waals surface area contributed by atoms with Gasteiger partial charge < -0.3 is 9.72 Å². The van der Waals surface area contributed by atoms with Crippen molar-refractivity contribution in [1.82, 2.24) is 30.1 Å². The van der Waals surface area contributed by atoms with E-state index in [4.69, 9.17) is 4.74 Å². The molecule has 0 radical (unpaired) electrons. The number of thiophene rings is 1. The van der Waals surface area contributed by atoms with Crippen LogP contribution in [0.4, 0.5) is 0 Å². The summed E-state index contributed by atoms with van der Waals surface area (Å²) in [4.78, 5) is 19.7. The zero-order chi connectivity index (χ0) is 23.4. The van der Waals surface area contributed by atoms with Gasteiger partial charge in [0.05, 0.1) is 24.7 Å². The third kappa shape index (κ3) is 5.05. The van der Waals surface area contributed by atoms with Gasteiger partial charge in [-0.3, -0.25) is 9.69 Å². The average Bonchev–Trinajstić information content (AvgIpc) is 3.49. The molecule has 1 atom stereocenters. The van der Waals surface area contributed by atoms with Crippen molar-refractivity contribution in [1.29, 1.82) is 0 Å². The Morgan fingerprint density at radius 3 is 2.82 bits per heavy atom. The third-order valence-corrected chi connectivity index (χ3v) is 6.99. The number of pyridine rings is 1. The molecular formula is C24H30N6O2S. The van der Waals surface area contributed by atoms with Crippen LogP contribution in [-0.2, 0) is 24.4 Å². The van der Waals surface area contributed by atoms with Crippen LogP contribution in [0.25, 0.3) is 10.9 Å². The number of H-pyrrole nitrogens is 1. The van der Waals surface area contributed by atoms with E-state index >= 15 is 0 Å². The number of fused-ring (bicyclic) bond motifs is 1. The Hall–Kier alpha value is -2.88. The van der Waals surface area contributed by atoms with Crippen molar-refractivity contribution in [3.05, 3.63) is 73.5 Å². The largest absolute Gasteiger partial charge is 0.383 e. The fourth-order valence-corrected chi connectivity index (χ4v) is 4.91. The molecule has 0 bridgehead atoms. The monoisotopic (exact) mass is 466 g/mol. The highest BCUT2D eigenvalue weighted by Crippen LogP contribution is 2.28. The van der Waals surface area contributed by atoms with Gasteiger partial charge in [-0.05, 0) is 64.7 Å². The zero-order valence-corrected chi connectivity index (χ0v) is 20.4. The number of rotatable bonds is 10. The van der Waals surface area contributed by atoms with Crippen molar-refractivity contribution >= 4 is 22.2 Å². The van der Waals surface area contributed by atoms with Crippen LogP contribution in [0.15, 0.2) is 40.5 Å². The molecule has 4 rings (SSSR count). The number of methoxy groups -OCH3 is 1. The lowest BCUT2D eigenvalue weighted by Crippen LogP contribution is -2.32. The van der Waals surface area contributed by atoms with Gasteiger partial charge in [-0.1, -0.05) is 25.1 Å². The van der Waals surface area contributed by atoms with Crippen molar-refractivity contribution < 1.29 is 4.74 Å². The van der Waals surface area contributed by atoms with E-state index < -0.39 is 0 Å². The van der Waals surface area contributed by atoms with E-state index in [0.29, 0.717) is 26.2 Å². The van der Waals surface area contributed by atoms with E-state index in [1.807, 2.05) is 13.0 Å². The van der Waals surface area contributed by atoms with Gasteiger partial charge >= 0.3 is 0 Å². The summed E-state index contributed by atoms with van der Waals surface area (Å²) in [5, 5.41) is 15.6. The van der Waals surface area contributed by atoms with E-state index in [1.54, 1.807) is 23.1 Å². The van der Waals surface area contributed by atoms with E-state index in [0.717, 1.165) is 34.3 Å². The van der Waals surface area contributed by atoms with Crippen molar-refractivity contribution in [2.45, 2.75) is 52.9 Å².